The molecular weight excluding hydrogens is 334 g/mol. The zero-order chi connectivity index (χ0) is 19.7. The lowest BCUT2D eigenvalue weighted by atomic mass is 10.0. The molecule has 7 nitrogen and oxygen atoms in total. The van der Waals surface area contributed by atoms with Gasteiger partial charge in [-0.15, -0.1) is 0 Å². The second-order valence-corrected chi connectivity index (χ2v) is 7.41. The van der Waals surface area contributed by atoms with Gasteiger partial charge in [0.2, 0.25) is 11.8 Å². The largest absolute Gasteiger partial charge is 0.484 e. The van der Waals surface area contributed by atoms with Crippen LogP contribution in [0, 0.1) is 5.92 Å². The van der Waals surface area contributed by atoms with Gasteiger partial charge in [-0.2, -0.15) is 0 Å². The van der Waals surface area contributed by atoms with Crippen LogP contribution in [0.3, 0.4) is 0 Å². The quantitative estimate of drug-likeness (QED) is 0.647. The topological polar surface area (TPSA) is 96.5 Å². The number of ether oxygens (including phenoxy) is 1. The van der Waals surface area contributed by atoms with Crippen LogP contribution in [-0.4, -0.2) is 42.5 Å². The second kappa shape index (κ2) is 9.79. The molecule has 0 fully saturated rings. The van der Waals surface area contributed by atoms with Gasteiger partial charge in [-0.25, -0.2) is 0 Å². The molecule has 0 saturated heterocycles. The highest BCUT2D eigenvalue weighted by Gasteiger charge is 2.25. The maximum absolute atomic E-state index is 12.3. The highest BCUT2D eigenvalue weighted by atomic mass is 16.5. The van der Waals surface area contributed by atoms with Gasteiger partial charge in [-0.05, 0) is 38.8 Å². The fourth-order valence-electron chi connectivity index (χ4n) is 2.16. The molecule has 0 aromatic heterocycles. The van der Waals surface area contributed by atoms with Crippen molar-refractivity contribution in [2.24, 2.45) is 5.92 Å². The molecule has 0 bridgehead atoms. The van der Waals surface area contributed by atoms with Crippen LogP contribution in [0.5, 0.6) is 5.75 Å². The number of rotatable bonds is 8. The average Bonchev–Trinajstić information content (AvgIpc) is 2.55. The molecule has 26 heavy (non-hydrogen) atoms. The second-order valence-electron chi connectivity index (χ2n) is 7.41. The van der Waals surface area contributed by atoms with Crippen molar-refractivity contribution in [2.45, 2.75) is 46.2 Å². The van der Waals surface area contributed by atoms with E-state index >= 15 is 0 Å². The van der Waals surface area contributed by atoms with E-state index in [1.165, 1.54) is 0 Å². The zero-order valence-electron chi connectivity index (χ0n) is 16.1. The van der Waals surface area contributed by atoms with Crippen molar-refractivity contribution in [1.29, 1.82) is 0 Å². The van der Waals surface area contributed by atoms with Crippen molar-refractivity contribution in [3.05, 3.63) is 30.3 Å². The van der Waals surface area contributed by atoms with E-state index < -0.39 is 17.9 Å². The van der Waals surface area contributed by atoms with Crippen molar-refractivity contribution in [1.82, 2.24) is 16.0 Å². The summed E-state index contributed by atoms with van der Waals surface area (Å²) in [7, 11) is 0. The lowest BCUT2D eigenvalue weighted by Crippen LogP contribution is -2.53. The third-order valence-electron chi connectivity index (χ3n) is 3.32. The van der Waals surface area contributed by atoms with Crippen LogP contribution in [-0.2, 0) is 14.4 Å². The van der Waals surface area contributed by atoms with E-state index in [2.05, 4.69) is 16.0 Å². The standard InChI is InChI=1S/C19H29N3O4/c1-13(2)17(18(25)20-11-15(23)22-19(3,4)5)21-16(24)12-26-14-9-7-6-8-10-14/h6-10,13,17H,11-12H2,1-5H3,(H,20,25)(H,21,24)(H,22,23)/t17-/m0/s1. The zero-order valence-corrected chi connectivity index (χ0v) is 16.1. The molecule has 0 aliphatic heterocycles. The fraction of sp³-hybridized carbons (Fsp3) is 0.526. The van der Waals surface area contributed by atoms with Gasteiger partial charge in [0, 0.05) is 5.54 Å². The summed E-state index contributed by atoms with van der Waals surface area (Å²) in [5, 5.41) is 7.97. The maximum atomic E-state index is 12.3. The highest BCUT2D eigenvalue weighted by molar-refractivity contribution is 5.91. The Kier molecular flexibility index (Phi) is 8.09. The number of carbonyl (C=O) groups is 3. The molecule has 1 aromatic rings. The monoisotopic (exact) mass is 363 g/mol. The molecule has 1 atom stereocenters. The van der Waals surface area contributed by atoms with Crippen molar-refractivity contribution < 1.29 is 19.1 Å². The Morgan fingerprint density at radius 3 is 2.19 bits per heavy atom. The van der Waals surface area contributed by atoms with Crippen molar-refractivity contribution >= 4 is 17.7 Å². The van der Waals surface area contributed by atoms with Crippen LogP contribution >= 0.6 is 0 Å². The third kappa shape index (κ3) is 8.50. The SMILES string of the molecule is CC(C)[C@H](NC(=O)COc1ccccc1)C(=O)NCC(=O)NC(C)(C)C. The lowest BCUT2D eigenvalue weighted by molar-refractivity contribution is -0.132. The van der Waals surface area contributed by atoms with E-state index in [0.717, 1.165) is 0 Å². The van der Waals surface area contributed by atoms with Gasteiger partial charge in [0.05, 0.1) is 6.54 Å². The minimum Gasteiger partial charge on any atom is -0.484 e. The lowest BCUT2D eigenvalue weighted by Gasteiger charge is -2.23. The molecule has 0 unspecified atom stereocenters. The molecule has 3 amide bonds. The maximum Gasteiger partial charge on any atom is 0.258 e. The number of carbonyl (C=O) groups excluding carboxylic acids is 3. The van der Waals surface area contributed by atoms with Crippen LogP contribution in [0.2, 0.25) is 0 Å². The molecule has 0 spiro atoms. The molecular formula is C19H29N3O4. The van der Waals surface area contributed by atoms with Gasteiger partial charge < -0.3 is 20.7 Å². The Morgan fingerprint density at radius 1 is 1.04 bits per heavy atom. The predicted octanol–water partition coefficient (Wildman–Crippen LogP) is 1.24. The third-order valence-corrected chi connectivity index (χ3v) is 3.32. The molecule has 1 rings (SSSR count). The van der Waals surface area contributed by atoms with Gasteiger partial charge >= 0.3 is 0 Å². The molecule has 3 N–H and O–H groups in total. The molecule has 7 heteroatoms. The van der Waals surface area contributed by atoms with Crippen LogP contribution in [0.1, 0.15) is 34.6 Å². The number of para-hydroxylation sites is 1. The fourth-order valence-corrected chi connectivity index (χ4v) is 2.16. The Bertz CT molecular complexity index is 609. The van der Waals surface area contributed by atoms with Crippen molar-refractivity contribution in [3.8, 4) is 5.75 Å². The number of amides is 3. The van der Waals surface area contributed by atoms with E-state index in [1.54, 1.807) is 24.3 Å². The molecule has 0 aliphatic carbocycles. The molecule has 0 aliphatic rings. The first-order valence-corrected chi connectivity index (χ1v) is 8.64. The molecule has 1 aromatic carbocycles. The summed E-state index contributed by atoms with van der Waals surface area (Å²) >= 11 is 0. The van der Waals surface area contributed by atoms with Gasteiger partial charge in [-0.1, -0.05) is 32.0 Å². The van der Waals surface area contributed by atoms with E-state index in [0.29, 0.717) is 5.75 Å². The number of hydrogen-bond acceptors (Lipinski definition) is 4. The number of benzene rings is 1. The van der Waals surface area contributed by atoms with Crippen LogP contribution in [0.4, 0.5) is 0 Å². The van der Waals surface area contributed by atoms with Crippen LogP contribution in [0.25, 0.3) is 0 Å². The summed E-state index contributed by atoms with van der Waals surface area (Å²) in [5.41, 5.74) is -0.373. The van der Waals surface area contributed by atoms with Crippen LogP contribution in [0.15, 0.2) is 30.3 Å². The van der Waals surface area contributed by atoms with E-state index in [9.17, 15) is 14.4 Å². The Labute approximate surface area is 154 Å². The minimum absolute atomic E-state index is 0.138. The minimum atomic E-state index is -0.746. The smallest absolute Gasteiger partial charge is 0.258 e. The predicted molar refractivity (Wildman–Crippen MR) is 99.6 cm³/mol. The van der Waals surface area contributed by atoms with Gasteiger partial charge in [0.15, 0.2) is 6.61 Å². The molecule has 144 valence electrons. The van der Waals surface area contributed by atoms with E-state index in [4.69, 9.17) is 4.74 Å². The Balaban J connectivity index is 2.49. The van der Waals surface area contributed by atoms with E-state index in [-0.39, 0.29) is 30.5 Å². The summed E-state index contributed by atoms with van der Waals surface area (Å²) < 4.78 is 5.37. The summed E-state index contributed by atoms with van der Waals surface area (Å²) in [6.45, 7) is 8.88. The van der Waals surface area contributed by atoms with Gasteiger partial charge in [0.1, 0.15) is 11.8 Å². The average molecular weight is 363 g/mol. The van der Waals surface area contributed by atoms with Crippen LogP contribution < -0.4 is 20.7 Å². The molecule has 0 radical (unpaired) electrons. The van der Waals surface area contributed by atoms with Crippen molar-refractivity contribution in [2.75, 3.05) is 13.2 Å². The Hall–Kier alpha value is -2.57. The number of hydrogen-bond donors (Lipinski definition) is 3. The highest BCUT2D eigenvalue weighted by Crippen LogP contribution is 2.08. The van der Waals surface area contributed by atoms with Crippen molar-refractivity contribution in [3.63, 3.8) is 0 Å². The van der Waals surface area contributed by atoms with E-state index in [1.807, 2.05) is 40.7 Å². The summed E-state index contributed by atoms with van der Waals surface area (Å²) in [6, 6.07) is 8.20. The Morgan fingerprint density at radius 2 is 1.65 bits per heavy atom. The number of nitrogens with one attached hydrogen (secondary N) is 3. The normalized spacial score (nSPS) is 12.2. The first-order valence-electron chi connectivity index (χ1n) is 8.64. The summed E-state index contributed by atoms with van der Waals surface area (Å²) in [5.74, 6) is -0.653. The molecule has 0 heterocycles. The summed E-state index contributed by atoms with van der Waals surface area (Å²) in [6.07, 6.45) is 0. The molecule has 0 saturated carbocycles. The van der Waals surface area contributed by atoms with Gasteiger partial charge in [0.25, 0.3) is 5.91 Å². The first-order chi connectivity index (χ1) is 12.1. The van der Waals surface area contributed by atoms with Gasteiger partial charge in [-0.3, -0.25) is 14.4 Å². The first kappa shape index (κ1) is 21.5. The summed E-state index contributed by atoms with van der Waals surface area (Å²) in [4.78, 5) is 36.2.